The molecule has 1 unspecified atom stereocenters. The van der Waals surface area contributed by atoms with Crippen LogP contribution in [0.3, 0.4) is 0 Å². The number of pyridine rings is 1. The maximum atomic E-state index is 12.7. The summed E-state index contributed by atoms with van der Waals surface area (Å²) in [4.78, 5) is 20.7. The first-order chi connectivity index (χ1) is 11.9. The third kappa shape index (κ3) is 5.21. The molecule has 1 aromatic heterocycles. The van der Waals surface area contributed by atoms with Crippen molar-refractivity contribution >= 4 is 11.7 Å². The number of hydrogen-bond donors (Lipinski definition) is 1. The van der Waals surface area contributed by atoms with Crippen LogP contribution in [0.15, 0.2) is 48.8 Å². The Balaban J connectivity index is 2.05. The van der Waals surface area contributed by atoms with E-state index in [1.807, 2.05) is 51.9 Å². The van der Waals surface area contributed by atoms with Crippen LogP contribution in [0.2, 0.25) is 0 Å². The third-order valence-electron chi connectivity index (χ3n) is 4.24. The molecule has 5 heteroatoms. The summed E-state index contributed by atoms with van der Waals surface area (Å²) in [5.41, 5.74) is 3.31. The summed E-state index contributed by atoms with van der Waals surface area (Å²) in [6, 6.07) is 12.1. The Morgan fingerprint density at radius 1 is 1.04 bits per heavy atom. The van der Waals surface area contributed by atoms with Gasteiger partial charge in [-0.05, 0) is 56.2 Å². The summed E-state index contributed by atoms with van der Waals surface area (Å²) in [5.74, 6) is 0. The van der Waals surface area contributed by atoms with Gasteiger partial charge in [0.05, 0.1) is 6.04 Å². The Hall–Kier alpha value is -2.56. The first-order valence-electron chi connectivity index (χ1n) is 8.61. The van der Waals surface area contributed by atoms with Crippen LogP contribution < -0.4 is 10.2 Å². The van der Waals surface area contributed by atoms with Gasteiger partial charge in [-0.25, -0.2) is 4.79 Å². The zero-order chi connectivity index (χ0) is 18.4. The Labute approximate surface area is 150 Å². The van der Waals surface area contributed by atoms with E-state index in [-0.39, 0.29) is 18.1 Å². The monoisotopic (exact) mass is 340 g/mol. The average molecular weight is 340 g/mol. The third-order valence-corrected chi connectivity index (χ3v) is 4.24. The summed E-state index contributed by atoms with van der Waals surface area (Å²) in [5, 5.41) is 3.08. The number of anilines is 1. The lowest BCUT2D eigenvalue weighted by Crippen LogP contribution is -2.44. The van der Waals surface area contributed by atoms with E-state index in [9.17, 15) is 4.79 Å². The zero-order valence-corrected chi connectivity index (χ0v) is 15.7. The average Bonchev–Trinajstić information content (AvgIpc) is 2.60. The first-order valence-corrected chi connectivity index (χ1v) is 8.61. The highest BCUT2D eigenvalue weighted by atomic mass is 16.2. The van der Waals surface area contributed by atoms with Crippen molar-refractivity contribution < 1.29 is 4.79 Å². The maximum Gasteiger partial charge on any atom is 0.318 e. The Bertz CT molecular complexity index is 668. The van der Waals surface area contributed by atoms with Gasteiger partial charge in [-0.15, -0.1) is 0 Å². The standard InChI is InChI=1S/C20H28N4O/c1-15(2)24(14-17-6-8-19(9-7-17)23(4)5)20(25)22-16(3)18-10-12-21-13-11-18/h6-13,15-16H,14H2,1-5H3,(H,22,25). The SMILES string of the molecule is CC(NC(=O)N(Cc1ccc(N(C)C)cc1)C(C)C)c1ccncc1. The van der Waals surface area contributed by atoms with Gasteiger partial charge < -0.3 is 15.1 Å². The van der Waals surface area contributed by atoms with Crippen molar-refractivity contribution in [3.8, 4) is 0 Å². The van der Waals surface area contributed by atoms with E-state index in [2.05, 4.69) is 39.5 Å². The van der Waals surface area contributed by atoms with E-state index < -0.39 is 0 Å². The second-order valence-electron chi connectivity index (χ2n) is 6.73. The normalized spacial score (nSPS) is 11.9. The molecule has 134 valence electrons. The van der Waals surface area contributed by atoms with Crippen LogP contribution in [-0.4, -0.2) is 36.1 Å². The fourth-order valence-electron chi connectivity index (χ4n) is 2.59. The fourth-order valence-corrected chi connectivity index (χ4v) is 2.59. The molecule has 5 nitrogen and oxygen atoms in total. The number of rotatable bonds is 6. The molecular formula is C20H28N4O. The molecule has 1 heterocycles. The fraction of sp³-hybridized carbons (Fsp3) is 0.400. The number of aromatic nitrogens is 1. The van der Waals surface area contributed by atoms with Crippen molar-refractivity contribution in [1.29, 1.82) is 0 Å². The maximum absolute atomic E-state index is 12.7. The number of hydrogen-bond acceptors (Lipinski definition) is 3. The molecule has 0 aliphatic carbocycles. The van der Waals surface area contributed by atoms with E-state index in [4.69, 9.17) is 0 Å². The van der Waals surface area contributed by atoms with Gasteiger partial charge in [0.2, 0.25) is 0 Å². The van der Waals surface area contributed by atoms with Crippen LogP contribution in [0.25, 0.3) is 0 Å². The quantitative estimate of drug-likeness (QED) is 0.869. The Morgan fingerprint density at radius 2 is 1.64 bits per heavy atom. The Kier molecular flexibility index (Phi) is 6.39. The van der Waals surface area contributed by atoms with E-state index in [1.165, 1.54) is 0 Å². The number of nitrogens with zero attached hydrogens (tertiary/aromatic N) is 3. The molecule has 0 radical (unpaired) electrons. The minimum Gasteiger partial charge on any atom is -0.378 e. The predicted molar refractivity (Wildman–Crippen MR) is 103 cm³/mol. The molecule has 1 atom stereocenters. The molecule has 0 saturated carbocycles. The molecule has 0 aliphatic rings. The summed E-state index contributed by atoms with van der Waals surface area (Å²) >= 11 is 0. The lowest BCUT2D eigenvalue weighted by Gasteiger charge is -2.29. The topological polar surface area (TPSA) is 48.5 Å². The second-order valence-corrected chi connectivity index (χ2v) is 6.73. The largest absolute Gasteiger partial charge is 0.378 e. The molecule has 0 bridgehead atoms. The molecule has 2 rings (SSSR count). The van der Waals surface area contributed by atoms with Crippen molar-refractivity contribution in [3.05, 3.63) is 59.9 Å². The van der Waals surface area contributed by atoms with E-state index in [1.54, 1.807) is 12.4 Å². The number of carbonyl (C=O) groups is 1. The summed E-state index contributed by atoms with van der Waals surface area (Å²) in [7, 11) is 4.03. The molecule has 0 fully saturated rings. The van der Waals surface area contributed by atoms with Gasteiger partial charge in [0, 0.05) is 44.8 Å². The highest BCUT2D eigenvalue weighted by Crippen LogP contribution is 2.16. The first kappa shape index (κ1) is 18.8. The summed E-state index contributed by atoms with van der Waals surface area (Å²) < 4.78 is 0. The molecule has 0 saturated heterocycles. The van der Waals surface area contributed by atoms with Gasteiger partial charge in [-0.3, -0.25) is 4.98 Å². The van der Waals surface area contributed by atoms with Crippen LogP contribution in [0.5, 0.6) is 0 Å². The second kappa shape index (κ2) is 8.51. The molecule has 25 heavy (non-hydrogen) atoms. The minimum absolute atomic E-state index is 0.0593. The van der Waals surface area contributed by atoms with Gasteiger partial charge in [0.15, 0.2) is 0 Å². The lowest BCUT2D eigenvalue weighted by molar-refractivity contribution is 0.176. The van der Waals surface area contributed by atoms with Crippen molar-refractivity contribution in [2.75, 3.05) is 19.0 Å². The van der Waals surface area contributed by atoms with E-state index in [0.717, 1.165) is 16.8 Å². The van der Waals surface area contributed by atoms with Crippen LogP contribution in [0.4, 0.5) is 10.5 Å². The van der Waals surface area contributed by atoms with Gasteiger partial charge in [0.1, 0.15) is 0 Å². The predicted octanol–water partition coefficient (Wildman–Crippen LogP) is 3.83. The highest BCUT2D eigenvalue weighted by Gasteiger charge is 2.19. The van der Waals surface area contributed by atoms with Crippen LogP contribution in [-0.2, 0) is 6.54 Å². The van der Waals surface area contributed by atoms with Crippen molar-refractivity contribution in [2.24, 2.45) is 0 Å². The minimum atomic E-state index is -0.0622. The van der Waals surface area contributed by atoms with Gasteiger partial charge in [0.25, 0.3) is 0 Å². The van der Waals surface area contributed by atoms with Gasteiger partial charge in [-0.1, -0.05) is 12.1 Å². The molecule has 0 spiro atoms. The summed E-state index contributed by atoms with van der Waals surface area (Å²) in [6.45, 7) is 6.63. The molecular weight excluding hydrogens is 312 g/mol. The molecule has 1 aromatic carbocycles. The van der Waals surface area contributed by atoms with Gasteiger partial charge >= 0.3 is 6.03 Å². The molecule has 0 aliphatic heterocycles. The van der Waals surface area contributed by atoms with Crippen molar-refractivity contribution in [1.82, 2.24) is 15.2 Å². The highest BCUT2D eigenvalue weighted by molar-refractivity contribution is 5.75. The van der Waals surface area contributed by atoms with Crippen LogP contribution in [0, 0.1) is 0 Å². The molecule has 1 N–H and O–H groups in total. The van der Waals surface area contributed by atoms with E-state index >= 15 is 0 Å². The molecule has 2 aromatic rings. The summed E-state index contributed by atoms with van der Waals surface area (Å²) in [6.07, 6.45) is 3.48. The number of carbonyl (C=O) groups excluding carboxylic acids is 1. The lowest BCUT2D eigenvalue weighted by atomic mass is 10.1. The van der Waals surface area contributed by atoms with Crippen molar-refractivity contribution in [3.63, 3.8) is 0 Å². The van der Waals surface area contributed by atoms with Crippen LogP contribution >= 0.6 is 0 Å². The number of urea groups is 1. The van der Waals surface area contributed by atoms with Crippen LogP contribution in [0.1, 0.15) is 37.9 Å². The smallest absolute Gasteiger partial charge is 0.318 e. The zero-order valence-electron chi connectivity index (χ0n) is 15.7. The number of nitrogens with one attached hydrogen (secondary N) is 1. The van der Waals surface area contributed by atoms with E-state index in [0.29, 0.717) is 6.54 Å². The van der Waals surface area contributed by atoms with Gasteiger partial charge in [-0.2, -0.15) is 0 Å². The number of amides is 2. The molecule has 2 amide bonds. The number of benzene rings is 1. The van der Waals surface area contributed by atoms with Crippen molar-refractivity contribution in [2.45, 2.75) is 39.4 Å². The Morgan fingerprint density at radius 3 is 2.16 bits per heavy atom.